The third-order valence-electron chi connectivity index (χ3n) is 9.51. The number of carbonyl (C=O) groups is 3. The summed E-state index contributed by atoms with van der Waals surface area (Å²) in [4.78, 5) is 36.9. The van der Waals surface area contributed by atoms with Crippen LogP contribution in [0.5, 0.6) is 0 Å². The lowest BCUT2D eigenvalue weighted by Crippen LogP contribution is -2.44. The minimum Gasteiger partial charge on any atom is -0.545 e. The second kappa shape index (κ2) is 37.0. The first kappa shape index (κ1) is 51.0. The molecule has 0 saturated heterocycles. The number of rotatable bonds is 40. The van der Waals surface area contributed by atoms with Crippen LogP contribution in [-0.4, -0.2) is 82.3 Å². The minimum absolute atomic E-state index is 0.149. The van der Waals surface area contributed by atoms with Crippen LogP contribution >= 0.6 is 0 Å². The topological polar surface area (TPSA) is 111 Å². The van der Waals surface area contributed by atoms with Crippen molar-refractivity contribution < 1.29 is 42.9 Å². The predicted octanol–water partition coefficient (Wildman–Crippen LogP) is 9.78. The first-order valence-electron chi connectivity index (χ1n) is 21.8. The zero-order valence-electron chi connectivity index (χ0n) is 35.2. The third kappa shape index (κ3) is 38.1. The van der Waals surface area contributed by atoms with Crippen LogP contribution in [0.4, 0.5) is 0 Å². The standard InChI is InChI=1S/C44H83NO8/c1-6-8-10-12-14-16-18-20-21-23-24-26-28-30-32-34-41(46)51-38-40(39-52-44(43(48)49)50-37-36-45(3,4)5)53-42(47)35-33-31-29-27-25-22-19-17-15-13-11-9-7-2/h17,19,40,44H,6-16,18,20-39H2,1-5H3/b19-17-. The summed E-state index contributed by atoms with van der Waals surface area (Å²) in [6.45, 7) is 4.72. The number of carboxylic acid groups (broad SMARTS) is 1. The molecule has 0 aliphatic rings. The van der Waals surface area contributed by atoms with E-state index in [1.54, 1.807) is 0 Å². The van der Waals surface area contributed by atoms with E-state index < -0.39 is 24.3 Å². The Morgan fingerprint density at radius 1 is 0.547 bits per heavy atom. The van der Waals surface area contributed by atoms with E-state index in [4.69, 9.17) is 18.9 Å². The molecule has 0 aromatic carbocycles. The van der Waals surface area contributed by atoms with E-state index in [1.807, 2.05) is 21.1 Å². The van der Waals surface area contributed by atoms with Gasteiger partial charge in [-0.1, -0.05) is 154 Å². The Kier molecular flexibility index (Phi) is 35.6. The van der Waals surface area contributed by atoms with E-state index in [0.717, 1.165) is 51.4 Å². The summed E-state index contributed by atoms with van der Waals surface area (Å²) in [5.74, 6) is -2.29. The molecular formula is C44H83NO8. The van der Waals surface area contributed by atoms with E-state index >= 15 is 0 Å². The van der Waals surface area contributed by atoms with E-state index in [1.165, 1.54) is 109 Å². The fraction of sp³-hybridized carbons (Fsp3) is 0.886. The Morgan fingerprint density at radius 3 is 1.42 bits per heavy atom. The van der Waals surface area contributed by atoms with Gasteiger partial charge in [0.1, 0.15) is 13.2 Å². The smallest absolute Gasteiger partial charge is 0.306 e. The molecule has 0 aliphatic heterocycles. The van der Waals surface area contributed by atoms with Gasteiger partial charge in [0.15, 0.2) is 12.4 Å². The number of allylic oxidation sites excluding steroid dienone is 2. The van der Waals surface area contributed by atoms with Crippen LogP contribution in [0.1, 0.15) is 194 Å². The summed E-state index contributed by atoms with van der Waals surface area (Å²) in [5, 5.41) is 11.7. The van der Waals surface area contributed by atoms with E-state index in [2.05, 4.69) is 26.0 Å². The van der Waals surface area contributed by atoms with E-state index in [9.17, 15) is 19.5 Å². The summed E-state index contributed by atoms with van der Waals surface area (Å²) in [6.07, 6.45) is 33.8. The molecule has 0 rings (SSSR count). The van der Waals surface area contributed by atoms with E-state index in [0.29, 0.717) is 23.9 Å². The highest BCUT2D eigenvalue weighted by atomic mass is 16.7. The molecule has 9 nitrogen and oxygen atoms in total. The summed E-state index contributed by atoms with van der Waals surface area (Å²) in [7, 11) is 5.90. The first-order chi connectivity index (χ1) is 25.6. The summed E-state index contributed by atoms with van der Waals surface area (Å²) in [6, 6.07) is 0. The highest BCUT2D eigenvalue weighted by Crippen LogP contribution is 2.15. The zero-order chi connectivity index (χ0) is 39.3. The molecule has 2 unspecified atom stereocenters. The van der Waals surface area contributed by atoms with Gasteiger partial charge in [-0.05, 0) is 38.5 Å². The number of nitrogens with zero attached hydrogens (tertiary/aromatic N) is 1. The Labute approximate surface area is 325 Å². The van der Waals surface area contributed by atoms with Gasteiger partial charge in [0, 0.05) is 12.8 Å². The molecule has 0 spiro atoms. The molecule has 0 aromatic rings. The number of carboxylic acids is 1. The average molecular weight is 754 g/mol. The quantitative estimate of drug-likeness (QED) is 0.0200. The predicted molar refractivity (Wildman–Crippen MR) is 214 cm³/mol. The maximum absolute atomic E-state index is 12.7. The van der Waals surface area contributed by atoms with Crippen molar-refractivity contribution in [1.29, 1.82) is 0 Å². The number of esters is 2. The van der Waals surface area contributed by atoms with Crippen molar-refractivity contribution in [2.24, 2.45) is 0 Å². The van der Waals surface area contributed by atoms with Gasteiger partial charge in [0.25, 0.3) is 0 Å². The lowest BCUT2D eigenvalue weighted by molar-refractivity contribution is -0.870. The van der Waals surface area contributed by atoms with Crippen molar-refractivity contribution in [3.8, 4) is 0 Å². The Hall–Kier alpha value is -1.97. The molecule has 2 atom stereocenters. The third-order valence-corrected chi connectivity index (χ3v) is 9.51. The lowest BCUT2D eigenvalue weighted by atomic mass is 10.0. The molecule has 0 aromatic heterocycles. The van der Waals surface area contributed by atoms with Crippen LogP contribution in [0, 0.1) is 0 Å². The Morgan fingerprint density at radius 2 is 0.962 bits per heavy atom. The number of likely N-dealkylation sites (N-methyl/N-ethyl adjacent to an activating group) is 1. The van der Waals surface area contributed by atoms with Crippen LogP contribution in [-0.2, 0) is 33.3 Å². The van der Waals surface area contributed by atoms with Crippen LogP contribution in [0.15, 0.2) is 12.2 Å². The van der Waals surface area contributed by atoms with Crippen LogP contribution < -0.4 is 5.11 Å². The number of carbonyl (C=O) groups excluding carboxylic acids is 3. The van der Waals surface area contributed by atoms with Gasteiger partial charge >= 0.3 is 11.9 Å². The highest BCUT2D eigenvalue weighted by Gasteiger charge is 2.21. The molecule has 9 heteroatoms. The number of unbranched alkanes of at least 4 members (excludes halogenated alkanes) is 23. The summed E-state index contributed by atoms with van der Waals surface area (Å²) in [5.41, 5.74) is 0. The number of quaternary nitrogens is 1. The second-order valence-electron chi connectivity index (χ2n) is 16.0. The molecule has 0 fully saturated rings. The van der Waals surface area contributed by atoms with Gasteiger partial charge in [0.05, 0.1) is 40.3 Å². The van der Waals surface area contributed by atoms with Crippen LogP contribution in [0.2, 0.25) is 0 Å². The summed E-state index contributed by atoms with van der Waals surface area (Å²) >= 11 is 0. The van der Waals surface area contributed by atoms with Gasteiger partial charge in [-0.15, -0.1) is 0 Å². The number of hydrogen-bond acceptors (Lipinski definition) is 8. The number of hydrogen-bond donors (Lipinski definition) is 0. The lowest BCUT2D eigenvalue weighted by Gasteiger charge is -2.26. The van der Waals surface area contributed by atoms with Crippen LogP contribution in [0.25, 0.3) is 0 Å². The highest BCUT2D eigenvalue weighted by molar-refractivity contribution is 5.70. The Balaban J connectivity index is 4.44. The maximum Gasteiger partial charge on any atom is 0.306 e. The molecular weight excluding hydrogens is 670 g/mol. The van der Waals surface area contributed by atoms with Gasteiger partial charge in [-0.2, -0.15) is 0 Å². The van der Waals surface area contributed by atoms with Crippen molar-refractivity contribution in [1.82, 2.24) is 0 Å². The molecule has 0 bridgehead atoms. The van der Waals surface area contributed by atoms with E-state index in [-0.39, 0.29) is 32.2 Å². The van der Waals surface area contributed by atoms with Gasteiger partial charge < -0.3 is 33.3 Å². The molecule has 0 N–H and O–H groups in total. The maximum atomic E-state index is 12.7. The number of ether oxygens (including phenoxy) is 4. The second-order valence-corrected chi connectivity index (χ2v) is 16.0. The normalized spacial score (nSPS) is 13.0. The fourth-order valence-corrected chi connectivity index (χ4v) is 6.06. The SMILES string of the molecule is CCCCCC/C=C\CCCCCCCC(=O)OC(COC(=O)CCCCCCCCCCCCCCCCC)COC(OCC[N+](C)(C)C)C(=O)[O-]. The summed E-state index contributed by atoms with van der Waals surface area (Å²) < 4.78 is 22.5. The first-order valence-corrected chi connectivity index (χ1v) is 21.8. The molecule has 0 saturated carbocycles. The molecule has 53 heavy (non-hydrogen) atoms. The Bertz CT molecular complexity index is 887. The van der Waals surface area contributed by atoms with Gasteiger partial charge in [-0.3, -0.25) is 9.59 Å². The average Bonchev–Trinajstić information content (AvgIpc) is 3.11. The van der Waals surface area contributed by atoms with Crippen molar-refractivity contribution in [2.75, 3.05) is 47.5 Å². The van der Waals surface area contributed by atoms with Crippen LogP contribution in [0.3, 0.4) is 0 Å². The van der Waals surface area contributed by atoms with Crippen molar-refractivity contribution in [3.05, 3.63) is 12.2 Å². The monoisotopic (exact) mass is 754 g/mol. The van der Waals surface area contributed by atoms with Gasteiger partial charge in [0.2, 0.25) is 0 Å². The molecule has 0 radical (unpaired) electrons. The zero-order valence-corrected chi connectivity index (χ0v) is 35.2. The van der Waals surface area contributed by atoms with Crippen molar-refractivity contribution in [2.45, 2.75) is 206 Å². The largest absolute Gasteiger partial charge is 0.545 e. The molecule has 0 heterocycles. The number of aliphatic carboxylic acids is 1. The molecule has 0 amide bonds. The fourth-order valence-electron chi connectivity index (χ4n) is 6.06. The molecule has 312 valence electrons. The van der Waals surface area contributed by atoms with Gasteiger partial charge in [-0.25, -0.2) is 0 Å². The van der Waals surface area contributed by atoms with Crippen molar-refractivity contribution >= 4 is 17.9 Å². The van der Waals surface area contributed by atoms with Crippen molar-refractivity contribution in [3.63, 3.8) is 0 Å². The minimum atomic E-state index is -1.62. The molecule has 0 aliphatic carbocycles.